The minimum Gasteiger partial charge on any atom is -0.331 e. The van der Waals surface area contributed by atoms with E-state index in [1.54, 1.807) is 0 Å². The number of hydrogen-bond donors (Lipinski definition) is 2. The number of hydrogen-bond acceptors (Lipinski definition) is 5. The Morgan fingerprint density at radius 2 is 1.69 bits per heavy atom. The van der Waals surface area contributed by atoms with Crippen LogP contribution in [0.5, 0.6) is 0 Å². The van der Waals surface area contributed by atoms with Crippen LogP contribution in [0.3, 0.4) is 0 Å². The second kappa shape index (κ2) is 6.59. The highest BCUT2D eigenvalue weighted by Crippen LogP contribution is 2.27. The number of rotatable bonds is 3. The van der Waals surface area contributed by atoms with E-state index in [0.717, 1.165) is 50.9 Å². The predicted molar refractivity (Wildman–Crippen MR) is 107 cm³/mol. The number of benzene rings is 2. The topological polar surface area (TPSA) is 62.2 Å². The van der Waals surface area contributed by atoms with Crippen molar-refractivity contribution in [3.63, 3.8) is 0 Å². The monoisotopic (exact) mass is 343 g/mol. The number of nitrogens with one attached hydrogen (secondary N) is 2. The fraction of sp³-hybridized carbons (Fsp3) is 0.190. The number of para-hydroxylation sites is 1. The highest BCUT2D eigenvalue weighted by atomic mass is 15.2. The highest BCUT2D eigenvalue weighted by Gasteiger charge is 2.14. The van der Waals surface area contributed by atoms with Gasteiger partial charge >= 0.3 is 0 Å². The van der Waals surface area contributed by atoms with Gasteiger partial charge in [-0.1, -0.05) is 36.4 Å². The van der Waals surface area contributed by atoms with Crippen molar-refractivity contribution in [3.05, 3.63) is 65.5 Å². The normalized spacial score (nSPS) is 14.2. The van der Waals surface area contributed by atoms with Crippen molar-refractivity contribution in [1.82, 2.24) is 15.3 Å². The van der Waals surface area contributed by atoms with Crippen LogP contribution in [0.4, 0.5) is 5.82 Å². The molecule has 5 heteroatoms. The molecule has 0 amide bonds. The van der Waals surface area contributed by atoms with E-state index >= 15 is 0 Å². The van der Waals surface area contributed by atoms with Gasteiger partial charge in [-0.2, -0.15) is 0 Å². The molecule has 0 unspecified atom stereocenters. The molecule has 0 radical (unpaired) electrons. The minimum atomic E-state index is 0.689. The molecule has 0 atom stereocenters. The summed E-state index contributed by atoms with van der Waals surface area (Å²) in [5.41, 5.74) is 4.27. The summed E-state index contributed by atoms with van der Waals surface area (Å²) >= 11 is 0. The van der Waals surface area contributed by atoms with E-state index in [1.165, 1.54) is 0 Å². The van der Waals surface area contributed by atoms with Crippen molar-refractivity contribution in [3.8, 4) is 11.4 Å². The van der Waals surface area contributed by atoms with Gasteiger partial charge in [0, 0.05) is 10.9 Å². The fourth-order valence-corrected chi connectivity index (χ4v) is 3.02. The molecule has 4 rings (SSSR count). The molecule has 0 aliphatic carbocycles. The van der Waals surface area contributed by atoms with E-state index < -0.39 is 0 Å². The lowest BCUT2D eigenvalue weighted by Gasteiger charge is -2.20. The maximum Gasteiger partial charge on any atom is 0.162 e. The molecule has 0 saturated heterocycles. The first-order chi connectivity index (χ1) is 12.6. The molecule has 0 bridgehead atoms. The van der Waals surface area contributed by atoms with Crippen LogP contribution >= 0.6 is 0 Å². The number of aryl methyl sites for hydroxylation is 1. The molecule has 2 N–H and O–H groups in total. The van der Waals surface area contributed by atoms with Crippen molar-refractivity contribution >= 4 is 22.6 Å². The zero-order valence-electron chi connectivity index (χ0n) is 15.2. The van der Waals surface area contributed by atoms with Crippen LogP contribution in [0.25, 0.3) is 22.3 Å². The second-order valence-corrected chi connectivity index (χ2v) is 6.53. The molecule has 1 aliphatic heterocycles. The smallest absolute Gasteiger partial charge is 0.162 e. The fourth-order valence-electron chi connectivity index (χ4n) is 3.02. The molecule has 1 aromatic heterocycles. The summed E-state index contributed by atoms with van der Waals surface area (Å²) in [6.07, 6.45) is 0. The van der Waals surface area contributed by atoms with E-state index in [4.69, 9.17) is 9.97 Å². The van der Waals surface area contributed by atoms with Crippen LogP contribution in [0.2, 0.25) is 0 Å². The molecule has 0 saturated carbocycles. The summed E-state index contributed by atoms with van der Waals surface area (Å²) in [4.78, 5) is 14.0. The minimum absolute atomic E-state index is 0.689. The lowest BCUT2D eigenvalue weighted by atomic mass is 10.1. The number of amidine groups is 1. The highest BCUT2D eigenvalue weighted by molar-refractivity contribution is 5.92. The molecule has 0 spiro atoms. The Kier molecular flexibility index (Phi) is 4.13. The summed E-state index contributed by atoms with van der Waals surface area (Å²) in [5, 5.41) is 7.77. The maximum atomic E-state index is 4.85. The second-order valence-electron chi connectivity index (χ2n) is 6.53. The van der Waals surface area contributed by atoms with Crippen molar-refractivity contribution in [2.24, 2.45) is 4.99 Å². The van der Waals surface area contributed by atoms with Gasteiger partial charge in [0.15, 0.2) is 5.82 Å². The van der Waals surface area contributed by atoms with Crippen molar-refractivity contribution in [2.75, 3.05) is 11.9 Å². The van der Waals surface area contributed by atoms with Gasteiger partial charge in [0.05, 0.1) is 17.9 Å². The predicted octanol–water partition coefficient (Wildman–Crippen LogP) is 4.27. The van der Waals surface area contributed by atoms with Gasteiger partial charge in [-0.15, -0.1) is 0 Å². The van der Waals surface area contributed by atoms with Gasteiger partial charge in [-0.3, -0.25) is 4.99 Å². The van der Waals surface area contributed by atoms with Crippen LogP contribution in [0.15, 0.2) is 64.9 Å². The average Bonchev–Trinajstić information content (AvgIpc) is 2.65. The Balaban J connectivity index is 1.84. The van der Waals surface area contributed by atoms with Crippen LogP contribution in [0.1, 0.15) is 19.4 Å². The molecule has 5 nitrogen and oxygen atoms in total. The first-order valence-corrected chi connectivity index (χ1v) is 8.69. The molecule has 0 fully saturated rings. The molecule has 3 aromatic rings. The molecule has 130 valence electrons. The first-order valence-electron chi connectivity index (χ1n) is 8.69. The van der Waals surface area contributed by atoms with E-state index in [1.807, 2.05) is 43.3 Å². The number of anilines is 1. The van der Waals surface area contributed by atoms with E-state index in [9.17, 15) is 0 Å². The average molecular weight is 343 g/mol. The Labute approximate surface area is 152 Å². The summed E-state index contributed by atoms with van der Waals surface area (Å²) < 4.78 is 0. The summed E-state index contributed by atoms with van der Waals surface area (Å²) in [6.45, 7) is 6.80. The SMILES string of the molecule is CC1=NCC(C)=C(Nc2nc(-c3ccccc3C)nc3ccccc23)N1. The van der Waals surface area contributed by atoms with Gasteiger partial charge in [0.2, 0.25) is 0 Å². The molecular formula is C21H21N5. The van der Waals surface area contributed by atoms with Gasteiger partial charge in [-0.05, 0) is 44.0 Å². The Bertz CT molecular complexity index is 1050. The standard InChI is InChI=1S/C21H21N5/c1-13-8-4-5-9-16(13)20-24-18-11-7-6-10-17(18)21(26-20)25-19-14(2)12-22-15(3)23-19/h4-11H,12H2,1-3H3,(H,22,23)(H,24,25,26). The number of aliphatic imine (C=N–C) groups is 1. The third kappa shape index (κ3) is 3.04. The largest absolute Gasteiger partial charge is 0.331 e. The van der Waals surface area contributed by atoms with Crippen LogP contribution in [0, 0.1) is 6.92 Å². The van der Waals surface area contributed by atoms with E-state index in [0.29, 0.717) is 6.54 Å². The number of fused-ring (bicyclic) bond motifs is 1. The maximum absolute atomic E-state index is 4.85. The molecular weight excluding hydrogens is 322 g/mol. The summed E-state index contributed by atoms with van der Waals surface area (Å²) in [6, 6.07) is 16.3. The zero-order valence-corrected chi connectivity index (χ0v) is 15.2. The molecule has 2 aromatic carbocycles. The molecule has 1 aliphatic rings. The lowest BCUT2D eigenvalue weighted by molar-refractivity contribution is 0.947. The third-order valence-electron chi connectivity index (χ3n) is 4.52. The van der Waals surface area contributed by atoms with Crippen molar-refractivity contribution in [2.45, 2.75) is 20.8 Å². The van der Waals surface area contributed by atoms with Crippen LogP contribution in [-0.4, -0.2) is 22.3 Å². The third-order valence-corrected chi connectivity index (χ3v) is 4.52. The van der Waals surface area contributed by atoms with Gasteiger partial charge < -0.3 is 10.6 Å². The Morgan fingerprint density at radius 1 is 0.923 bits per heavy atom. The zero-order chi connectivity index (χ0) is 18.1. The van der Waals surface area contributed by atoms with Crippen LogP contribution in [-0.2, 0) is 0 Å². The van der Waals surface area contributed by atoms with Crippen molar-refractivity contribution in [1.29, 1.82) is 0 Å². The number of nitrogens with zero attached hydrogens (tertiary/aromatic N) is 3. The summed E-state index contributed by atoms with van der Waals surface area (Å²) in [7, 11) is 0. The van der Waals surface area contributed by atoms with E-state index in [2.05, 4.69) is 41.6 Å². The van der Waals surface area contributed by atoms with Gasteiger partial charge in [-0.25, -0.2) is 9.97 Å². The Hall–Kier alpha value is -3.21. The van der Waals surface area contributed by atoms with Gasteiger partial charge in [0.1, 0.15) is 11.6 Å². The van der Waals surface area contributed by atoms with E-state index in [-0.39, 0.29) is 0 Å². The summed E-state index contributed by atoms with van der Waals surface area (Å²) in [5.74, 6) is 3.36. The number of aromatic nitrogens is 2. The van der Waals surface area contributed by atoms with Crippen molar-refractivity contribution < 1.29 is 0 Å². The Morgan fingerprint density at radius 3 is 2.54 bits per heavy atom. The molecule has 2 heterocycles. The van der Waals surface area contributed by atoms with Gasteiger partial charge in [0.25, 0.3) is 0 Å². The lowest BCUT2D eigenvalue weighted by Crippen LogP contribution is -2.30. The molecule has 26 heavy (non-hydrogen) atoms. The first kappa shape index (κ1) is 16.3. The quantitative estimate of drug-likeness (QED) is 0.745. The van der Waals surface area contributed by atoms with Crippen LogP contribution < -0.4 is 10.6 Å².